The Kier molecular flexibility index (Phi) is 12.2. The predicted octanol–water partition coefficient (Wildman–Crippen LogP) is 2.41. The Labute approximate surface area is 235 Å². The minimum Gasteiger partial charge on any atom is -0.490 e. The van der Waals surface area contributed by atoms with Crippen LogP contribution in [0.3, 0.4) is 0 Å². The van der Waals surface area contributed by atoms with E-state index in [4.69, 9.17) is 14.2 Å². The summed E-state index contributed by atoms with van der Waals surface area (Å²) in [5.74, 6) is 2.05. The second kappa shape index (κ2) is 15.3. The first-order valence-corrected chi connectivity index (χ1v) is 14.2. The van der Waals surface area contributed by atoms with Gasteiger partial charge in [0, 0.05) is 54.9 Å². The fourth-order valence-corrected chi connectivity index (χ4v) is 4.21. The molecule has 12 heteroatoms. The van der Waals surface area contributed by atoms with Crippen LogP contribution in [0, 0.1) is 0 Å². The van der Waals surface area contributed by atoms with Gasteiger partial charge in [0.2, 0.25) is 5.82 Å². The van der Waals surface area contributed by atoms with Crippen molar-refractivity contribution in [1.29, 1.82) is 0 Å². The average Bonchev–Trinajstić information content (AvgIpc) is 3.59. The molecule has 218 valence electrons. The third-order valence-corrected chi connectivity index (χ3v) is 6.28. The van der Waals surface area contributed by atoms with E-state index in [-0.39, 0.29) is 12.1 Å². The number of benzene rings is 1. The minimum atomic E-state index is -0.580. The number of hydrogen-bond donors (Lipinski definition) is 5. The number of nitrogens with one attached hydrogen (secondary N) is 3. The highest BCUT2D eigenvalue weighted by molar-refractivity contribution is 6.99. The van der Waals surface area contributed by atoms with E-state index >= 15 is 0 Å². The number of fused-ring (bicyclic) bond motifs is 1. The number of morpholine rings is 1. The number of aliphatic hydroxyl groups is 2. The van der Waals surface area contributed by atoms with Gasteiger partial charge < -0.3 is 44.9 Å². The molecule has 1 unspecified atom stereocenters. The summed E-state index contributed by atoms with van der Waals surface area (Å²) in [6, 6.07) is 8.20. The quantitative estimate of drug-likeness (QED) is 0.223. The molecule has 0 spiro atoms. The highest BCUT2D eigenvalue weighted by Gasteiger charge is 2.21. The topological polar surface area (TPSA) is 137 Å². The van der Waals surface area contributed by atoms with Crippen molar-refractivity contribution in [3.63, 3.8) is 0 Å². The molecule has 11 nitrogen and oxygen atoms in total. The van der Waals surface area contributed by atoms with Crippen LogP contribution in [-0.2, 0) is 4.74 Å². The zero-order valence-corrected chi connectivity index (χ0v) is 24.5. The normalized spacial score (nSPS) is 15.6. The van der Waals surface area contributed by atoms with Crippen LogP contribution in [0.4, 0.5) is 5.82 Å². The predicted molar refractivity (Wildman–Crippen MR) is 155 cm³/mol. The van der Waals surface area contributed by atoms with Crippen LogP contribution >= 0.6 is 11.7 Å². The largest absolute Gasteiger partial charge is 0.490 e. The fourth-order valence-electron chi connectivity index (χ4n) is 3.69. The molecule has 1 aliphatic heterocycles. The lowest BCUT2D eigenvalue weighted by atomic mass is 10.1. The van der Waals surface area contributed by atoms with Crippen molar-refractivity contribution >= 4 is 28.4 Å². The van der Waals surface area contributed by atoms with Crippen molar-refractivity contribution in [2.75, 3.05) is 57.5 Å². The van der Waals surface area contributed by atoms with Crippen molar-refractivity contribution in [3.8, 4) is 11.6 Å². The fraction of sp³-hybridized carbons (Fsp3) is 0.630. The standard InChI is InChI=1S/C14H20N2O2.C13H24N4O3S/c1-10(2)16-8-11(17)9-18-14-5-3-4-13-12(14)6-7-15-13;1-13(2,3)14-8-10(18)9-20-12-11(15-21-16-12)17-4-6-19-7-5-17/h3-7,10-11,15-17H,8-9H2,1-2H3;10,14,18H,4-9H2,1-3H3/t;10-/m.0/s1. The monoisotopic (exact) mass is 564 g/mol. The number of H-pyrrole nitrogens is 1. The number of aliphatic hydroxyl groups excluding tert-OH is 2. The first-order valence-electron chi connectivity index (χ1n) is 13.4. The van der Waals surface area contributed by atoms with E-state index in [0.29, 0.717) is 44.8 Å². The number of ether oxygens (including phenoxy) is 3. The van der Waals surface area contributed by atoms with E-state index in [1.165, 1.54) is 0 Å². The maximum absolute atomic E-state index is 9.95. The molecular weight excluding hydrogens is 520 g/mol. The van der Waals surface area contributed by atoms with E-state index < -0.39 is 12.2 Å². The van der Waals surface area contributed by atoms with Gasteiger partial charge in [0.1, 0.15) is 31.2 Å². The summed E-state index contributed by atoms with van der Waals surface area (Å²) in [7, 11) is 0. The Morgan fingerprint density at radius 1 is 1.05 bits per heavy atom. The smallest absolute Gasteiger partial charge is 0.270 e. The van der Waals surface area contributed by atoms with Gasteiger partial charge in [0.25, 0.3) is 5.88 Å². The van der Waals surface area contributed by atoms with Crippen LogP contribution in [0.1, 0.15) is 34.6 Å². The average molecular weight is 565 g/mol. The second-order valence-corrected chi connectivity index (χ2v) is 11.3. The number of anilines is 1. The maximum atomic E-state index is 9.95. The summed E-state index contributed by atoms with van der Waals surface area (Å²) < 4.78 is 25.1. The van der Waals surface area contributed by atoms with Crippen LogP contribution in [0.2, 0.25) is 0 Å². The number of aromatic nitrogens is 3. The Balaban J connectivity index is 0.000000218. The van der Waals surface area contributed by atoms with Crippen LogP contribution in [0.5, 0.6) is 11.6 Å². The number of rotatable bonds is 12. The Bertz CT molecular complexity index is 1100. The summed E-state index contributed by atoms with van der Waals surface area (Å²) >= 11 is 1.12. The molecule has 5 N–H and O–H groups in total. The van der Waals surface area contributed by atoms with E-state index in [1.54, 1.807) is 0 Å². The highest BCUT2D eigenvalue weighted by atomic mass is 32.1. The molecule has 0 aliphatic carbocycles. The zero-order valence-electron chi connectivity index (χ0n) is 23.6. The number of nitrogens with zero attached hydrogens (tertiary/aromatic N) is 3. The molecule has 0 saturated carbocycles. The first kappa shape index (κ1) is 31.1. The SMILES string of the molecule is CC(C)(C)NC[C@H](O)COc1nsnc1N1CCOCC1.CC(C)NCC(O)COc1cccc2[nH]ccc12. The molecule has 1 fully saturated rings. The first-order chi connectivity index (χ1) is 18.6. The molecule has 3 heterocycles. The van der Waals surface area contributed by atoms with Gasteiger partial charge in [-0.3, -0.25) is 0 Å². The summed E-state index contributed by atoms with van der Waals surface area (Å²) in [4.78, 5) is 5.23. The van der Waals surface area contributed by atoms with Gasteiger partial charge in [-0.1, -0.05) is 19.9 Å². The summed E-state index contributed by atoms with van der Waals surface area (Å²) in [6.45, 7) is 14.7. The van der Waals surface area contributed by atoms with Gasteiger partial charge in [0.05, 0.1) is 24.9 Å². The van der Waals surface area contributed by atoms with Crippen molar-refractivity contribution in [3.05, 3.63) is 30.5 Å². The van der Waals surface area contributed by atoms with E-state index in [0.717, 1.165) is 47.3 Å². The van der Waals surface area contributed by atoms with Crippen molar-refractivity contribution in [2.24, 2.45) is 0 Å². The Morgan fingerprint density at radius 2 is 1.77 bits per heavy atom. The lowest BCUT2D eigenvalue weighted by Gasteiger charge is -2.27. The highest BCUT2D eigenvalue weighted by Crippen LogP contribution is 2.26. The molecule has 1 saturated heterocycles. The Hall–Kier alpha value is -2.48. The third kappa shape index (κ3) is 10.9. The lowest BCUT2D eigenvalue weighted by Crippen LogP contribution is -2.42. The number of hydrogen-bond acceptors (Lipinski definition) is 11. The van der Waals surface area contributed by atoms with Crippen LogP contribution in [0.15, 0.2) is 30.5 Å². The van der Waals surface area contributed by atoms with E-state index in [2.05, 4.69) is 50.0 Å². The van der Waals surface area contributed by atoms with Crippen molar-refractivity contribution < 1.29 is 24.4 Å². The second-order valence-electron chi connectivity index (χ2n) is 10.8. The molecule has 39 heavy (non-hydrogen) atoms. The molecule has 1 aliphatic rings. The summed E-state index contributed by atoms with van der Waals surface area (Å²) in [5, 5.41) is 27.2. The van der Waals surface area contributed by atoms with Crippen LogP contribution in [-0.4, -0.2) is 100 Å². The van der Waals surface area contributed by atoms with Crippen molar-refractivity contribution in [2.45, 2.75) is 58.4 Å². The molecule has 2 aromatic heterocycles. The molecule has 0 radical (unpaired) electrons. The molecule has 1 aromatic carbocycles. The van der Waals surface area contributed by atoms with Crippen molar-refractivity contribution in [1.82, 2.24) is 24.4 Å². The molecule has 0 amide bonds. The Morgan fingerprint density at radius 3 is 2.49 bits per heavy atom. The summed E-state index contributed by atoms with van der Waals surface area (Å²) in [6.07, 6.45) is 0.805. The van der Waals surface area contributed by atoms with E-state index in [1.807, 2.05) is 44.3 Å². The molecule has 0 bridgehead atoms. The molecule has 3 aromatic rings. The van der Waals surface area contributed by atoms with Gasteiger partial charge in [-0.15, -0.1) is 4.37 Å². The van der Waals surface area contributed by atoms with Crippen LogP contribution in [0.25, 0.3) is 10.9 Å². The van der Waals surface area contributed by atoms with Gasteiger partial charge in [0.15, 0.2) is 0 Å². The van der Waals surface area contributed by atoms with Gasteiger partial charge in [-0.25, -0.2) is 0 Å². The van der Waals surface area contributed by atoms with Gasteiger partial charge in [-0.05, 0) is 39.0 Å². The maximum Gasteiger partial charge on any atom is 0.270 e. The van der Waals surface area contributed by atoms with Gasteiger partial charge in [-0.2, -0.15) is 4.37 Å². The third-order valence-electron chi connectivity index (χ3n) is 5.78. The number of aromatic amines is 1. The summed E-state index contributed by atoms with van der Waals surface area (Å²) in [5.41, 5.74) is 1.02. The van der Waals surface area contributed by atoms with Gasteiger partial charge >= 0.3 is 0 Å². The zero-order chi connectivity index (χ0) is 28.3. The lowest BCUT2D eigenvalue weighted by molar-refractivity contribution is 0.0975. The van der Waals surface area contributed by atoms with E-state index in [9.17, 15) is 10.2 Å². The molecular formula is C27H44N6O5S. The minimum absolute atomic E-state index is 0.0257. The molecule has 4 rings (SSSR count). The number of β-amino-alcohol motifs (C(OH)–C–C–N with tert-alkyl or cyclic N) is 1. The van der Waals surface area contributed by atoms with Crippen LogP contribution < -0.4 is 25.0 Å². The molecule has 2 atom stereocenters.